The van der Waals surface area contributed by atoms with Gasteiger partial charge in [0.15, 0.2) is 6.29 Å². The van der Waals surface area contributed by atoms with E-state index in [1.807, 2.05) is 11.1 Å². The van der Waals surface area contributed by atoms with E-state index in [0.717, 1.165) is 30.3 Å². The third kappa shape index (κ3) is 2.42. The molecule has 1 aromatic heterocycles. The summed E-state index contributed by atoms with van der Waals surface area (Å²) in [7, 11) is 0. The van der Waals surface area contributed by atoms with Crippen molar-refractivity contribution in [3.63, 3.8) is 0 Å². The standard InChI is InChI=1S/C16H23N3O/c1-6-18(7-2)19-15(11-20)13-10-12(16(3,4)5)8-9-14(13)17-19/h8-11H,6-7H2,1-5H3. The van der Waals surface area contributed by atoms with Crippen LogP contribution in [-0.4, -0.2) is 29.3 Å². The van der Waals surface area contributed by atoms with Crippen LogP contribution in [0.5, 0.6) is 0 Å². The van der Waals surface area contributed by atoms with Gasteiger partial charge >= 0.3 is 0 Å². The Labute approximate surface area is 120 Å². The lowest BCUT2D eigenvalue weighted by Gasteiger charge is -2.21. The van der Waals surface area contributed by atoms with Gasteiger partial charge in [0.05, 0.1) is 5.52 Å². The maximum absolute atomic E-state index is 11.5. The SMILES string of the molecule is CCN(CC)n1nc2ccc(C(C)(C)C)cc2c1C=O. The fourth-order valence-corrected chi connectivity index (χ4v) is 2.38. The topological polar surface area (TPSA) is 38.1 Å². The molecule has 0 aliphatic carbocycles. The highest BCUT2D eigenvalue weighted by molar-refractivity contribution is 5.95. The maximum atomic E-state index is 11.5. The van der Waals surface area contributed by atoms with Gasteiger partial charge in [-0.3, -0.25) is 9.80 Å². The van der Waals surface area contributed by atoms with Crippen LogP contribution in [0.25, 0.3) is 10.9 Å². The number of fused-ring (bicyclic) bond motifs is 1. The van der Waals surface area contributed by atoms with Crippen molar-refractivity contribution < 1.29 is 4.79 Å². The van der Waals surface area contributed by atoms with Crippen LogP contribution in [0.1, 0.15) is 50.7 Å². The number of hydrogen-bond donors (Lipinski definition) is 0. The largest absolute Gasteiger partial charge is 0.297 e. The third-order valence-corrected chi connectivity index (χ3v) is 3.67. The molecule has 2 rings (SSSR count). The van der Waals surface area contributed by atoms with Gasteiger partial charge in [-0.1, -0.05) is 26.8 Å². The number of carbonyl (C=O) groups is 1. The Morgan fingerprint density at radius 1 is 1.25 bits per heavy atom. The maximum Gasteiger partial charge on any atom is 0.170 e. The van der Waals surface area contributed by atoms with E-state index in [1.54, 1.807) is 4.79 Å². The van der Waals surface area contributed by atoms with Crippen molar-refractivity contribution in [3.8, 4) is 0 Å². The molecule has 0 aliphatic rings. The number of benzene rings is 1. The minimum atomic E-state index is 0.0612. The lowest BCUT2D eigenvalue weighted by molar-refractivity contribution is 0.111. The van der Waals surface area contributed by atoms with E-state index >= 15 is 0 Å². The van der Waals surface area contributed by atoms with E-state index in [4.69, 9.17) is 0 Å². The third-order valence-electron chi connectivity index (χ3n) is 3.67. The monoisotopic (exact) mass is 273 g/mol. The summed E-state index contributed by atoms with van der Waals surface area (Å²) in [6, 6.07) is 6.19. The fraction of sp³-hybridized carbons (Fsp3) is 0.500. The summed E-state index contributed by atoms with van der Waals surface area (Å²) in [5, 5.41) is 7.53. The molecule has 2 aromatic rings. The molecule has 0 unspecified atom stereocenters. The molecule has 0 amide bonds. The zero-order valence-electron chi connectivity index (χ0n) is 13.0. The van der Waals surface area contributed by atoms with Crippen LogP contribution < -0.4 is 5.01 Å². The van der Waals surface area contributed by atoms with E-state index < -0.39 is 0 Å². The van der Waals surface area contributed by atoms with Crippen LogP contribution in [0.2, 0.25) is 0 Å². The smallest absolute Gasteiger partial charge is 0.170 e. The zero-order chi connectivity index (χ0) is 14.9. The summed E-state index contributed by atoms with van der Waals surface area (Å²) in [5.41, 5.74) is 2.78. The zero-order valence-corrected chi connectivity index (χ0v) is 13.0. The van der Waals surface area contributed by atoms with Crippen molar-refractivity contribution in [2.75, 3.05) is 18.1 Å². The number of nitrogens with zero attached hydrogens (tertiary/aromatic N) is 3. The molecule has 1 heterocycles. The van der Waals surface area contributed by atoms with E-state index in [9.17, 15) is 4.79 Å². The molecular formula is C16H23N3O. The lowest BCUT2D eigenvalue weighted by atomic mass is 9.86. The number of carbonyl (C=O) groups excluding carboxylic acids is 1. The molecule has 0 spiro atoms. The summed E-state index contributed by atoms with van der Waals surface area (Å²) >= 11 is 0. The Hall–Kier alpha value is -1.84. The van der Waals surface area contributed by atoms with E-state index in [0.29, 0.717) is 5.69 Å². The molecular weight excluding hydrogens is 250 g/mol. The van der Waals surface area contributed by atoms with Crippen molar-refractivity contribution in [2.45, 2.75) is 40.0 Å². The first kappa shape index (κ1) is 14.6. The molecule has 4 heteroatoms. The molecule has 4 nitrogen and oxygen atoms in total. The molecule has 0 aliphatic heterocycles. The second kappa shape index (κ2) is 5.27. The van der Waals surface area contributed by atoms with Gasteiger partial charge in [-0.25, -0.2) is 0 Å². The first-order valence-corrected chi connectivity index (χ1v) is 7.16. The number of rotatable bonds is 4. The molecule has 0 fully saturated rings. The van der Waals surface area contributed by atoms with Crippen LogP contribution in [0, 0.1) is 0 Å². The van der Waals surface area contributed by atoms with Gasteiger partial charge in [0.1, 0.15) is 5.69 Å². The quantitative estimate of drug-likeness (QED) is 0.803. The van der Waals surface area contributed by atoms with Crippen LogP contribution in [0.15, 0.2) is 18.2 Å². The lowest BCUT2D eigenvalue weighted by Crippen LogP contribution is -2.36. The normalized spacial score (nSPS) is 11.8. The molecule has 0 N–H and O–H groups in total. The first-order valence-electron chi connectivity index (χ1n) is 7.16. The van der Waals surface area contributed by atoms with E-state index in [2.05, 4.69) is 51.9 Å². The van der Waals surface area contributed by atoms with Crippen molar-refractivity contribution in [2.24, 2.45) is 0 Å². The predicted molar refractivity (Wildman–Crippen MR) is 83.1 cm³/mol. The average Bonchev–Trinajstić information content (AvgIpc) is 2.76. The van der Waals surface area contributed by atoms with Gasteiger partial charge in [-0.15, -0.1) is 0 Å². The van der Waals surface area contributed by atoms with E-state index in [-0.39, 0.29) is 5.41 Å². The molecule has 0 saturated carbocycles. The predicted octanol–water partition coefficient (Wildman–Crippen LogP) is 3.12. The Kier molecular flexibility index (Phi) is 3.84. The Morgan fingerprint density at radius 2 is 1.90 bits per heavy atom. The van der Waals surface area contributed by atoms with Crippen LogP contribution >= 0.6 is 0 Å². The van der Waals surface area contributed by atoms with Crippen LogP contribution in [0.4, 0.5) is 0 Å². The van der Waals surface area contributed by atoms with Gasteiger partial charge in [0.25, 0.3) is 0 Å². The highest BCUT2D eigenvalue weighted by atomic mass is 16.1. The van der Waals surface area contributed by atoms with Gasteiger partial charge in [0.2, 0.25) is 0 Å². The number of aldehydes is 1. The molecule has 0 atom stereocenters. The summed E-state index contributed by atoms with van der Waals surface area (Å²) in [4.78, 5) is 13.3. The van der Waals surface area contributed by atoms with Gasteiger partial charge < -0.3 is 0 Å². The summed E-state index contributed by atoms with van der Waals surface area (Å²) in [6.45, 7) is 12.3. The molecule has 0 radical (unpaired) electrons. The second-order valence-corrected chi connectivity index (χ2v) is 6.01. The van der Waals surface area contributed by atoms with Crippen LogP contribution in [-0.2, 0) is 5.41 Å². The van der Waals surface area contributed by atoms with Gasteiger partial charge in [0, 0.05) is 18.5 Å². The molecule has 0 bridgehead atoms. The number of hydrogen-bond acceptors (Lipinski definition) is 3. The molecule has 20 heavy (non-hydrogen) atoms. The minimum Gasteiger partial charge on any atom is -0.297 e. The Balaban J connectivity index is 2.66. The van der Waals surface area contributed by atoms with Crippen molar-refractivity contribution in [1.29, 1.82) is 0 Å². The fourth-order valence-electron chi connectivity index (χ4n) is 2.38. The molecule has 0 saturated heterocycles. The summed E-state index contributed by atoms with van der Waals surface area (Å²) in [5.74, 6) is 0. The highest BCUT2D eigenvalue weighted by Gasteiger charge is 2.18. The van der Waals surface area contributed by atoms with E-state index in [1.165, 1.54) is 5.56 Å². The Morgan fingerprint density at radius 3 is 2.40 bits per heavy atom. The van der Waals surface area contributed by atoms with Crippen molar-refractivity contribution >= 4 is 17.2 Å². The molecule has 108 valence electrons. The van der Waals surface area contributed by atoms with Gasteiger partial charge in [-0.05, 0) is 37.0 Å². The first-order chi connectivity index (χ1) is 9.42. The average molecular weight is 273 g/mol. The highest BCUT2D eigenvalue weighted by Crippen LogP contribution is 2.27. The molecule has 1 aromatic carbocycles. The van der Waals surface area contributed by atoms with Crippen molar-refractivity contribution in [3.05, 3.63) is 29.5 Å². The van der Waals surface area contributed by atoms with Crippen LogP contribution in [0.3, 0.4) is 0 Å². The Bertz CT molecular complexity index is 618. The minimum absolute atomic E-state index is 0.0612. The van der Waals surface area contributed by atoms with Gasteiger partial charge in [-0.2, -0.15) is 9.89 Å². The van der Waals surface area contributed by atoms with Crippen molar-refractivity contribution in [1.82, 2.24) is 9.89 Å². The second-order valence-electron chi connectivity index (χ2n) is 6.01. The summed E-state index contributed by atoms with van der Waals surface area (Å²) < 4.78 is 0. The summed E-state index contributed by atoms with van der Waals surface area (Å²) in [6.07, 6.45) is 0.903. The number of aromatic nitrogens is 2.